The average Bonchev–Trinajstić information content (AvgIpc) is 2.38. The molecule has 20 heavy (non-hydrogen) atoms. The van der Waals surface area contributed by atoms with Gasteiger partial charge in [0.05, 0.1) is 14.2 Å². The number of ether oxygens (including phenoxy) is 3. The van der Waals surface area contributed by atoms with Gasteiger partial charge in [-0.1, -0.05) is 0 Å². The molecule has 0 aliphatic carbocycles. The van der Waals surface area contributed by atoms with E-state index in [1.54, 1.807) is 12.1 Å². The molecule has 0 bridgehead atoms. The Balaban J connectivity index is 0.00000400. The summed E-state index contributed by atoms with van der Waals surface area (Å²) in [5.74, 6) is 0.332. The van der Waals surface area contributed by atoms with Crippen LogP contribution in [0.1, 0.15) is 13.9 Å². The van der Waals surface area contributed by atoms with E-state index in [0.717, 1.165) is 5.56 Å². The number of rotatable bonds is 6. The highest BCUT2D eigenvalue weighted by molar-refractivity contribution is 5.85. The summed E-state index contributed by atoms with van der Waals surface area (Å²) in [6.07, 6.45) is -2.91. The smallest absolute Gasteiger partial charge is 0.305 e. The first kappa shape index (κ1) is 16.5. The summed E-state index contributed by atoms with van der Waals surface area (Å²) in [7, 11) is 2.74. The van der Waals surface area contributed by atoms with Crippen molar-refractivity contribution in [1.29, 1.82) is 0 Å². The summed E-state index contributed by atoms with van der Waals surface area (Å²) in [5.41, 5.74) is 6.53. The van der Waals surface area contributed by atoms with Crippen molar-refractivity contribution in [3.8, 4) is 17.2 Å². The average molecular weight is 311 g/mol. The topological polar surface area (TPSA) is 53.7 Å². The molecule has 0 aliphatic rings. The molecule has 7 heteroatoms. The van der Waals surface area contributed by atoms with Crippen LogP contribution in [0.25, 0.3) is 0 Å². The fourth-order valence-electron chi connectivity index (χ4n) is 1.61. The van der Waals surface area contributed by atoms with Crippen LogP contribution in [0, 0.1) is 0 Å². The lowest BCUT2D eigenvalue weighted by Crippen LogP contribution is -2.17. The maximum absolute atomic E-state index is 12.3. The zero-order chi connectivity index (χ0) is 15.3. The van der Waals surface area contributed by atoms with E-state index in [1.165, 1.54) is 14.2 Å². The van der Waals surface area contributed by atoms with Crippen LogP contribution in [0.4, 0.5) is 8.78 Å². The molecule has 0 heterocycles. The normalized spacial score (nSPS) is 11.8. The van der Waals surface area contributed by atoms with Crippen LogP contribution < -0.4 is 19.9 Å². The Kier molecular flexibility index (Phi) is 7.11. The van der Waals surface area contributed by atoms with Gasteiger partial charge in [0.15, 0.2) is 17.7 Å². The van der Waals surface area contributed by atoms with Gasteiger partial charge in [-0.05, 0) is 31.0 Å². The molecule has 0 saturated heterocycles. The van der Waals surface area contributed by atoms with Gasteiger partial charge in [-0.15, -0.1) is 12.4 Å². The van der Waals surface area contributed by atoms with Crippen LogP contribution in [0.15, 0.2) is 24.5 Å². The van der Waals surface area contributed by atoms with Crippen LogP contribution in [0.3, 0.4) is 0 Å². The van der Waals surface area contributed by atoms with Crippen molar-refractivity contribution in [2.75, 3.05) is 14.2 Å². The molecule has 0 aliphatic heterocycles. The number of hydrogen-bond acceptors (Lipinski definition) is 4. The molecule has 2 N–H and O–H groups in total. The van der Waals surface area contributed by atoms with E-state index in [-0.39, 0.29) is 35.7 Å². The fraction of sp³-hybridized carbons (Fsp3) is 0.385. The second-order valence-corrected chi connectivity index (χ2v) is 3.98. The molecule has 0 radical (unpaired) electrons. The highest BCUT2D eigenvalue weighted by Gasteiger charge is 2.14. The van der Waals surface area contributed by atoms with E-state index < -0.39 is 12.3 Å². The third kappa shape index (κ3) is 5.22. The fourth-order valence-corrected chi connectivity index (χ4v) is 1.61. The van der Waals surface area contributed by atoms with Crippen molar-refractivity contribution in [2.45, 2.75) is 19.4 Å². The number of methoxy groups -OCH3 is 2. The second kappa shape index (κ2) is 8.60. The van der Waals surface area contributed by atoms with Crippen LogP contribution >= 0.6 is 12.4 Å². The van der Waals surface area contributed by atoms with Crippen molar-refractivity contribution < 1.29 is 24.4 Å². The maximum Gasteiger partial charge on any atom is 0.305 e. The van der Waals surface area contributed by atoms with E-state index in [1.807, 2.05) is 6.92 Å². The van der Waals surface area contributed by atoms with Gasteiger partial charge >= 0.3 is 6.08 Å². The van der Waals surface area contributed by atoms with E-state index in [0.29, 0.717) is 6.42 Å². The predicted octanol–water partition coefficient (Wildman–Crippen LogP) is 3.13. The van der Waals surface area contributed by atoms with Gasteiger partial charge in [0.1, 0.15) is 1.37 Å². The van der Waals surface area contributed by atoms with Crippen molar-refractivity contribution in [1.82, 2.24) is 0 Å². The second-order valence-electron chi connectivity index (χ2n) is 3.98. The Bertz CT molecular complexity index is 483. The van der Waals surface area contributed by atoms with Gasteiger partial charge in [0.2, 0.25) is 5.75 Å². The first-order valence-electron chi connectivity index (χ1n) is 6.09. The molecule has 4 nitrogen and oxygen atoms in total. The van der Waals surface area contributed by atoms with Crippen molar-refractivity contribution in [2.24, 2.45) is 5.73 Å². The predicted molar refractivity (Wildman–Crippen MR) is 75.1 cm³/mol. The summed E-state index contributed by atoms with van der Waals surface area (Å²) in [5, 5.41) is 0. The van der Waals surface area contributed by atoms with Crippen LogP contribution in [-0.4, -0.2) is 20.3 Å². The summed E-state index contributed by atoms with van der Waals surface area (Å²) >= 11 is 0. The highest BCUT2D eigenvalue weighted by Crippen LogP contribution is 2.39. The quantitative estimate of drug-likeness (QED) is 0.820. The highest BCUT2D eigenvalue weighted by atomic mass is 35.5. The molecule has 1 aromatic carbocycles. The molecule has 0 fully saturated rings. The Morgan fingerprint density at radius 3 is 2.20 bits per heavy atom. The van der Waals surface area contributed by atoms with Gasteiger partial charge < -0.3 is 19.9 Å². The largest absolute Gasteiger partial charge is 0.493 e. The molecule has 1 atom stereocenters. The lowest BCUT2D eigenvalue weighted by Gasteiger charge is -2.15. The molecule has 1 aromatic rings. The lowest BCUT2D eigenvalue weighted by molar-refractivity contribution is 0.323. The van der Waals surface area contributed by atoms with Gasteiger partial charge in [0, 0.05) is 6.04 Å². The molecule has 0 saturated carbocycles. The van der Waals surface area contributed by atoms with Gasteiger partial charge in [-0.3, -0.25) is 0 Å². The standard InChI is InChI=1S/C13H17F2NO3.ClH/c1-8(16)4-9-5-10(17-2)13(11(6-9)18-3)19-7-12(14)15;/h5-8H,4,16H2,1-3H3;1H/i7D;. The Labute approximate surface area is 124 Å². The minimum atomic E-state index is -2.23. The zero-order valence-corrected chi connectivity index (χ0v) is 12.2. The molecule has 0 spiro atoms. The van der Waals surface area contributed by atoms with E-state index in [2.05, 4.69) is 0 Å². The van der Waals surface area contributed by atoms with Crippen LogP contribution in [0.2, 0.25) is 0 Å². The molecule has 1 rings (SSSR count). The molecule has 114 valence electrons. The van der Waals surface area contributed by atoms with Crippen molar-refractivity contribution in [3.05, 3.63) is 30.0 Å². The van der Waals surface area contributed by atoms with Gasteiger partial charge in [-0.2, -0.15) is 8.78 Å². The van der Waals surface area contributed by atoms with Crippen LogP contribution in [-0.2, 0) is 6.42 Å². The number of hydrogen-bond donors (Lipinski definition) is 1. The minimum absolute atomic E-state index is 0. The van der Waals surface area contributed by atoms with Crippen molar-refractivity contribution in [3.63, 3.8) is 0 Å². The van der Waals surface area contributed by atoms with E-state index >= 15 is 0 Å². The molecule has 1 unspecified atom stereocenters. The number of halogens is 3. The van der Waals surface area contributed by atoms with Gasteiger partial charge in [-0.25, -0.2) is 0 Å². The third-order valence-electron chi connectivity index (χ3n) is 2.31. The molecular weight excluding hydrogens is 292 g/mol. The monoisotopic (exact) mass is 310 g/mol. The summed E-state index contributed by atoms with van der Waals surface area (Å²) < 4.78 is 46.6. The summed E-state index contributed by atoms with van der Waals surface area (Å²) in [4.78, 5) is 0. The first-order valence-corrected chi connectivity index (χ1v) is 5.59. The summed E-state index contributed by atoms with van der Waals surface area (Å²) in [6.45, 7) is 1.84. The zero-order valence-electron chi connectivity index (χ0n) is 12.4. The van der Waals surface area contributed by atoms with Crippen LogP contribution in [0.5, 0.6) is 17.2 Å². The minimum Gasteiger partial charge on any atom is -0.493 e. The number of nitrogens with two attached hydrogens (primary N) is 1. The SMILES string of the molecule is Cl.[2H]C(Oc1c(OC)cc(CC(C)N)cc1OC)=C(F)F. The Hall–Kier alpha value is -1.53. The molecular formula is C13H18ClF2NO3. The molecule has 0 aromatic heterocycles. The third-order valence-corrected chi connectivity index (χ3v) is 2.31. The number of benzene rings is 1. The van der Waals surface area contributed by atoms with E-state index in [9.17, 15) is 8.78 Å². The molecule has 0 amide bonds. The summed E-state index contributed by atoms with van der Waals surface area (Å²) in [6, 6.07) is 3.15. The lowest BCUT2D eigenvalue weighted by atomic mass is 10.1. The first-order chi connectivity index (χ1) is 9.38. The Morgan fingerprint density at radius 2 is 1.85 bits per heavy atom. The van der Waals surface area contributed by atoms with E-state index in [4.69, 9.17) is 21.3 Å². The Morgan fingerprint density at radius 1 is 1.35 bits per heavy atom. The maximum atomic E-state index is 12.3. The van der Waals surface area contributed by atoms with Crippen molar-refractivity contribution >= 4 is 12.4 Å². The van der Waals surface area contributed by atoms with Gasteiger partial charge in [0.25, 0.3) is 0 Å².